The second kappa shape index (κ2) is 11.1. The van der Waals surface area contributed by atoms with Crippen LogP contribution >= 0.6 is 23.2 Å². The first-order valence-electron chi connectivity index (χ1n) is 10.9. The molecular weight excluding hydrogens is 483 g/mol. The van der Waals surface area contributed by atoms with E-state index in [2.05, 4.69) is 10.6 Å². The third-order valence-electron chi connectivity index (χ3n) is 5.21. The number of carbonyl (C=O) groups is 2. The molecule has 1 heterocycles. The van der Waals surface area contributed by atoms with Crippen LogP contribution in [0.3, 0.4) is 0 Å². The highest BCUT2D eigenvalue weighted by atomic mass is 35.5. The van der Waals surface area contributed by atoms with Crippen LogP contribution in [0.2, 0.25) is 10.0 Å². The van der Waals surface area contributed by atoms with Crippen molar-refractivity contribution in [3.63, 3.8) is 0 Å². The summed E-state index contributed by atoms with van der Waals surface area (Å²) in [6.45, 7) is 2.24. The first kappa shape index (κ1) is 24.3. The van der Waals surface area contributed by atoms with E-state index in [9.17, 15) is 9.59 Å². The highest BCUT2D eigenvalue weighted by molar-refractivity contribution is 6.35. The molecule has 0 radical (unpaired) electrons. The van der Waals surface area contributed by atoms with Crippen molar-refractivity contribution in [2.24, 2.45) is 0 Å². The summed E-state index contributed by atoms with van der Waals surface area (Å²) in [7, 11) is 0. The molecule has 1 aromatic heterocycles. The zero-order chi connectivity index (χ0) is 24.8. The molecule has 2 amide bonds. The molecule has 0 atom stereocenters. The van der Waals surface area contributed by atoms with Crippen LogP contribution in [0.1, 0.15) is 27.2 Å². The lowest BCUT2D eigenvalue weighted by Crippen LogP contribution is -2.34. The zero-order valence-electron chi connectivity index (χ0n) is 18.8. The van der Waals surface area contributed by atoms with E-state index in [1.165, 1.54) is 6.08 Å². The Kier molecular flexibility index (Phi) is 7.70. The summed E-state index contributed by atoms with van der Waals surface area (Å²) in [6, 6.07) is 25.1. The van der Waals surface area contributed by atoms with Crippen molar-refractivity contribution >= 4 is 41.1 Å². The quantitative estimate of drug-likeness (QED) is 0.276. The van der Waals surface area contributed by atoms with Crippen LogP contribution in [0.4, 0.5) is 0 Å². The van der Waals surface area contributed by atoms with Crippen molar-refractivity contribution in [2.75, 3.05) is 0 Å². The average molecular weight is 505 g/mol. The predicted octanol–water partition coefficient (Wildman–Crippen LogP) is 6.65. The molecule has 0 aliphatic heterocycles. The van der Waals surface area contributed by atoms with Gasteiger partial charge in [-0.1, -0.05) is 71.2 Å². The number of carbonyl (C=O) groups excluding carboxylic acids is 2. The van der Waals surface area contributed by atoms with E-state index in [1.54, 1.807) is 42.5 Å². The first-order chi connectivity index (χ1) is 16.9. The lowest BCUT2D eigenvalue weighted by atomic mass is 10.1. The maximum Gasteiger partial charge on any atom is 0.268 e. The number of furan rings is 1. The summed E-state index contributed by atoms with van der Waals surface area (Å²) in [5.74, 6) is -0.00778. The molecule has 7 heteroatoms. The minimum absolute atomic E-state index is 0.0459. The molecular formula is C28H22Cl2N2O3. The average Bonchev–Trinajstić information content (AvgIpc) is 3.33. The third kappa shape index (κ3) is 6.41. The van der Waals surface area contributed by atoms with Gasteiger partial charge in [-0.2, -0.15) is 0 Å². The summed E-state index contributed by atoms with van der Waals surface area (Å²) in [5, 5.41) is 6.55. The summed E-state index contributed by atoms with van der Waals surface area (Å²) in [4.78, 5) is 25.9. The molecule has 2 N–H and O–H groups in total. The van der Waals surface area contributed by atoms with Crippen molar-refractivity contribution in [2.45, 2.75) is 13.5 Å². The fourth-order valence-electron chi connectivity index (χ4n) is 3.33. The van der Waals surface area contributed by atoms with E-state index in [0.717, 1.165) is 11.1 Å². The van der Waals surface area contributed by atoms with E-state index in [-0.39, 0.29) is 5.70 Å². The van der Waals surface area contributed by atoms with Gasteiger partial charge in [0, 0.05) is 28.8 Å². The number of aryl methyl sites for hydroxylation is 1. The lowest BCUT2D eigenvalue weighted by Gasteiger charge is -2.11. The molecule has 4 aromatic rings. The number of hydrogen-bond donors (Lipinski definition) is 2. The Morgan fingerprint density at radius 1 is 0.914 bits per heavy atom. The Hall–Kier alpha value is -3.80. The number of rotatable bonds is 7. The summed E-state index contributed by atoms with van der Waals surface area (Å²) < 4.78 is 5.90. The van der Waals surface area contributed by atoms with Gasteiger partial charge < -0.3 is 15.1 Å². The standard InChI is InChI=1S/C28H22Cl2N2O3/c1-18-7-9-20(10-8-18)27(33)32-25(28(34)31-17-19-5-3-2-4-6-19)16-22-12-14-26(35-22)23-15-21(29)11-13-24(23)30/h2-16H,17H2,1H3,(H,31,34)(H,32,33). The molecule has 35 heavy (non-hydrogen) atoms. The van der Waals surface area contributed by atoms with Gasteiger partial charge in [0.1, 0.15) is 17.2 Å². The van der Waals surface area contributed by atoms with Crippen LogP contribution < -0.4 is 10.6 Å². The van der Waals surface area contributed by atoms with Crippen molar-refractivity contribution in [3.05, 3.63) is 123 Å². The number of nitrogens with one attached hydrogen (secondary N) is 2. The van der Waals surface area contributed by atoms with Gasteiger partial charge in [-0.3, -0.25) is 9.59 Å². The Balaban J connectivity index is 1.60. The van der Waals surface area contributed by atoms with E-state index in [1.807, 2.05) is 49.4 Å². The summed E-state index contributed by atoms with van der Waals surface area (Å²) in [6.07, 6.45) is 1.48. The van der Waals surface area contributed by atoms with Crippen molar-refractivity contribution in [1.29, 1.82) is 0 Å². The minimum atomic E-state index is -0.451. The molecule has 0 bridgehead atoms. The van der Waals surface area contributed by atoms with Gasteiger partial charge in [-0.15, -0.1) is 0 Å². The Morgan fingerprint density at radius 3 is 2.40 bits per heavy atom. The molecule has 0 saturated heterocycles. The summed E-state index contributed by atoms with van der Waals surface area (Å²) in [5.41, 5.74) is 3.06. The van der Waals surface area contributed by atoms with Crippen LogP contribution in [0, 0.1) is 6.92 Å². The van der Waals surface area contributed by atoms with Crippen molar-refractivity contribution in [3.8, 4) is 11.3 Å². The monoisotopic (exact) mass is 504 g/mol. The van der Waals surface area contributed by atoms with Gasteiger partial charge in [0.05, 0.1) is 5.02 Å². The molecule has 0 saturated carbocycles. The molecule has 176 valence electrons. The van der Waals surface area contributed by atoms with Crippen molar-refractivity contribution in [1.82, 2.24) is 10.6 Å². The maximum atomic E-state index is 13.0. The van der Waals surface area contributed by atoms with Crippen LogP contribution in [0.5, 0.6) is 0 Å². The SMILES string of the molecule is Cc1ccc(C(=O)NC(=Cc2ccc(-c3cc(Cl)ccc3Cl)o2)C(=O)NCc2ccccc2)cc1. The molecule has 0 aliphatic rings. The Morgan fingerprint density at radius 2 is 1.66 bits per heavy atom. The van der Waals surface area contributed by atoms with Crippen LogP contribution in [0.25, 0.3) is 17.4 Å². The highest BCUT2D eigenvalue weighted by Gasteiger charge is 2.16. The number of amides is 2. The van der Waals surface area contributed by atoms with Crippen molar-refractivity contribution < 1.29 is 14.0 Å². The maximum absolute atomic E-state index is 13.0. The Bertz CT molecular complexity index is 1380. The molecule has 0 aliphatic carbocycles. The Labute approximate surface area is 213 Å². The topological polar surface area (TPSA) is 71.3 Å². The van der Waals surface area contributed by atoms with Gasteiger partial charge in [-0.05, 0) is 55.0 Å². The molecule has 4 rings (SSSR count). The van der Waals surface area contributed by atoms with E-state index < -0.39 is 11.8 Å². The molecule has 5 nitrogen and oxygen atoms in total. The summed E-state index contributed by atoms with van der Waals surface area (Å²) >= 11 is 12.4. The number of benzene rings is 3. The van der Waals surface area contributed by atoms with Gasteiger partial charge in [0.15, 0.2) is 0 Å². The molecule has 0 unspecified atom stereocenters. The van der Waals surface area contributed by atoms with E-state index in [4.69, 9.17) is 27.6 Å². The van der Waals surface area contributed by atoms with Gasteiger partial charge >= 0.3 is 0 Å². The largest absolute Gasteiger partial charge is 0.457 e. The van der Waals surface area contributed by atoms with Crippen LogP contribution in [-0.2, 0) is 11.3 Å². The fraction of sp³-hybridized carbons (Fsp3) is 0.0714. The second-order valence-electron chi connectivity index (χ2n) is 7.87. The number of hydrogen-bond acceptors (Lipinski definition) is 3. The third-order valence-corrected chi connectivity index (χ3v) is 5.77. The minimum Gasteiger partial charge on any atom is -0.457 e. The van der Waals surface area contributed by atoms with Crippen LogP contribution in [0.15, 0.2) is 95.0 Å². The molecule has 3 aromatic carbocycles. The fourth-order valence-corrected chi connectivity index (χ4v) is 3.72. The molecule has 0 fully saturated rings. The van der Waals surface area contributed by atoms with Gasteiger partial charge in [0.25, 0.3) is 11.8 Å². The van der Waals surface area contributed by atoms with E-state index >= 15 is 0 Å². The highest BCUT2D eigenvalue weighted by Crippen LogP contribution is 2.32. The second-order valence-corrected chi connectivity index (χ2v) is 8.72. The van der Waals surface area contributed by atoms with E-state index in [0.29, 0.717) is 39.2 Å². The number of halogens is 2. The first-order valence-corrected chi connectivity index (χ1v) is 11.6. The molecule has 0 spiro atoms. The van der Waals surface area contributed by atoms with Crippen LogP contribution in [-0.4, -0.2) is 11.8 Å². The van der Waals surface area contributed by atoms with Gasteiger partial charge in [-0.25, -0.2) is 0 Å². The normalized spacial score (nSPS) is 11.2. The smallest absolute Gasteiger partial charge is 0.268 e. The van der Waals surface area contributed by atoms with Gasteiger partial charge in [0.2, 0.25) is 0 Å². The lowest BCUT2D eigenvalue weighted by molar-refractivity contribution is -0.117. The zero-order valence-corrected chi connectivity index (χ0v) is 20.4. The predicted molar refractivity (Wildman–Crippen MR) is 139 cm³/mol.